The zero-order valence-corrected chi connectivity index (χ0v) is 15.0. The molecule has 0 spiro atoms. The highest BCUT2D eigenvalue weighted by Crippen LogP contribution is 2.22. The van der Waals surface area contributed by atoms with Crippen LogP contribution in [0.4, 0.5) is 5.69 Å². The average molecular weight is 357 g/mol. The minimum absolute atomic E-state index is 0.0463. The van der Waals surface area contributed by atoms with E-state index in [1.54, 1.807) is 16.8 Å². The topological polar surface area (TPSA) is 40.6 Å². The Labute approximate surface area is 153 Å². The van der Waals surface area contributed by atoms with Crippen LogP contribution in [0.1, 0.15) is 24.0 Å². The van der Waals surface area contributed by atoms with E-state index in [2.05, 4.69) is 0 Å². The van der Waals surface area contributed by atoms with Crippen molar-refractivity contribution in [1.29, 1.82) is 0 Å². The highest BCUT2D eigenvalue weighted by Gasteiger charge is 2.21. The molecule has 2 amide bonds. The highest BCUT2D eigenvalue weighted by molar-refractivity contribution is 6.30. The third-order valence-electron chi connectivity index (χ3n) is 4.41. The minimum atomic E-state index is 0.0463. The fourth-order valence-corrected chi connectivity index (χ4v) is 3.23. The second-order valence-electron chi connectivity index (χ2n) is 6.37. The van der Waals surface area contributed by atoms with Crippen molar-refractivity contribution < 1.29 is 9.59 Å². The molecule has 1 heterocycles. The number of carbonyl (C=O) groups is 2. The molecule has 2 aromatic carbocycles. The maximum atomic E-state index is 12.4. The Morgan fingerprint density at radius 3 is 2.56 bits per heavy atom. The van der Waals surface area contributed by atoms with Crippen LogP contribution in [0.3, 0.4) is 0 Å². The smallest absolute Gasteiger partial charge is 0.227 e. The quantitative estimate of drug-likeness (QED) is 0.820. The Morgan fingerprint density at radius 1 is 1.16 bits per heavy atom. The molecule has 4 nitrogen and oxygen atoms in total. The van der Waals surface area contributed by atoms with Crippen LogP contribution in [0.25, 0.3) is 0 Å². The molecular weight excluding hydrogens is 336 g/mol. The number of likely N-dealkylation sites (N-methyl/N-ethyl adjacent to an activating group) is 1. The first kappa shape index (κ1) is 17.5. The minimum Gasteiger partial charge on any atom is -0.341 e. The van der Waals surface area contributed by atoms with E-state index in [1.165, 1.54) is 0 Å². The molecular formula is C20H21ClN2O2. The Morgan fingerprint density at radius 2 is 1.92 bits per heavy atom. The van der Waals surface area contributed by atoms with Gasteiger partial charge in [-0.05, 0) is 41.8 Å². The molecule has 25 heavy (non-hydrogen) atoms. The summed E-state index contributed by atoms with van der Waals surface area (Å²) >= 11 is 5.99. The zero-order valence-electron chi connectivity index (χ0n) is 14.2. The van der Waals surface area contributed by atoms with Gasteiger partial charge in [-0.2, -0.15) is 0 Å². The van der Waals surface area contributed by atoms with Crippen LogP contribution in [0.2, 0.25) is 5.02 Å². The number of rotatable bonds is 5. The number of carbonyl (C=O) groups excluding carboxylic acids is 2. The first-order valence-electron chi connectivity index (χ1n) is 8.40. The Hall–Kier alpha value is -2.33. The van der Waals surface area contributed by atoms with Gasteiger partial charge in [0, 0.05) is 37.3 Å². The molecule has 1 aliphatic heterocycles. The lowest BCUT2D eigenvalue weighted by Gasteiger charge is -2.18. The molecule has 1 aliphatic rings. The molecule has 0 aromatic heterocycles. The molecule has 0 radical (unpaired) electrons. The van der Waals surface area contributed by atoms with Gasteiger partial charge in [-0.25, -0.2) is 0 Å². The lowest BCUT2D eigenvalue weighted by molar-refractivity contribution is -0.129. The number of amides is 2. The second-order valence-corrected chi connectivity index (χ2v) is 6.81. The van der Waals surface area contributed by atoms with E-state index in [1.807, 2.05) is 48.5 Å². The standard InChI is InChI=1S/C20H21ClN2O2/c1-22(14-16-4-2-5-17(21)12-16)20(25)13-15-7-9-18(10-8-15)23-11-3-6-19(23)24/h2,4-5,7-10,12H,3,6,11,13-14H2,1H3. The van der Waals surface area contributed by atoms with Crippen molar-refractivity contribution in [2.24, 2.45) is 0 Å². The summed E-state index contributed by atoms with van der Waals surface area (Å²) in [4.78, 5) is 27.7. The first-order valence-corrected chi connectivity index (χ1v) is 8.78. The van der Waals surface area contributed by atoms with Gasteiger partial charge < -0.3 is 9.80 Å². The lowest BCUT2D eigenvalue weighted by atomic mass is 10.1. The summed E-state index contributed by atoms with van der Waals surface area (Å²) in [7, 11) is 1.79. The molecule has 0 aliphatic carbocycles. The third-order valence-corrected chi connectivity index (χ3v) is 4.65. The predicted molar refractivity (Wildman–Crippen MR) is 99.7 cm³/mol. The van der Waals surface area contributed by atoms with Gasteiger partial charge in [0.05, 0.1) is 6.42 Å². The van der Waals surface area contributed by atoms with E-state index >= 15 is 0 Å². The van der Waals surface area contributed by atoms with E-state index in [4.69, 9.17) is 11.6 Å². The summed E-state index contributed by atoms with van der Waals surface area (Å²) in [6.45, 7) is 1.30. The van der Waals surface area contributed by atoms with Gasteiger partial charge in [0.1, 0.15) is 0 Å². The van der Waals surface area contributed by atoms with Crippen molar-refractivity contribution >= 4 is 29.1 Å². The van der Waals surface area contributed by atoms with Crippen molar-refractivity contribution in [3.8, 4) is 0 Å². The lowest BCUT2D eigenvalue weighted by Crippen LogP contribution is -2.27. The molecule has 1 saturated heterocycles. The molecule has 0 unspecified atom stereocenters. The van der Waals surface area contributed by atoms with E-state index in [0.717, 1.165) is 29.8 Å². The molecule has 0 N–H and O–H groups in total. The second kappa shape index (κ2) is 7.70. The van der Waals surface area contributed by atoms with Crippen LogP contribution in [0.15, 0.2) is 48.5 Å². The van der Waals surface area contributed by atoms with Gasteiger partial charge in [0.15, 0.2) is 0 Å². The summed E-state index contributed by atoms with van der Waals surface area (Å²) < 4.78 is 0. The maximum absolute atomic E-state index is 12.4. The zero-order chi connectivity index (χ0) is 17.8. The van der Waals surface area contributed by atoms with Crippen LogP contribution < -0.4 is 4.90 Å². The number of benzene rings is 2. The largest absolute Gasteiger partial charge is 0.341 e. The SMILES string of the molecule is CN(Cc1cccc(Cl)c1)C(=O)Cc1ccc(N2CCCC2=O)cc1. The van der Waals surface area contributed by atoms with Gasteiger partial charge in [0.2, 0.25) is 11.8 Å². The summed E-state index contributed by atoms with van der Waals surface area (Å²) in [5.41, 5.74) is 2.86. The number of nitrogens with zero attached hydrogens (tertiary/aromatic N) is 2. The summed E-state index contributed by atoms with van der Waals surface area (Å²) in [6, 6.07) is 15.2. The average Bonchev–Trinajstić information content (AvgIpc) is 3.01. The Bertz CT molecular complexity index is 774. The predicted octanol–water partition coefficient (Wildman–Crippen LogP) is 3.67. The molecule has 3 rings (SSSR count). The summed E-state index contributed by atoms with van der Waals surface area (Å²) in [5, 5.41) is 0.672. The number of anilines is 1. The molecule has 0 bridgehead atoms. The summed E-state index contributed by atoms with van der Waals surface area (Å²) in [6.07, 6.45) is 1.87. The van der Waals surface area contributed by atoms with Gasteiger partial charge in [-0.3, -0.25) is 9.59 Å². The van der Waals surface area contributed by atoms with Crippen molar-refractivity contribution in [1.82, 2.24) is 4.90 Å². The third kappa shape index (κ3) is 4.40. The van der Waals surface area contributed by atoms with Crippen molar-refractivity contribution in [2.75, 3.05) is 18.5 Å². The van der Waals surface area contributed by atoms with Crippen molar-refractivity contribution in [3.05, 3.63) is 64.7 Å². The molecule has 1 fully saturated rings. The Balaban J connectivity index is 1.59. The number of hydrogen-bond donors (Lipinski definition) is 0. The van der Waals surface area contributed by atoms with E-state index in [9.17, 15) is 9.59 Å². The number of halogens is 1. The van der Waals surface area contributed by atoms with Gasteiger partial charge in [-0.1, -0.05) is 35.9 Å². The van der Waals surface area contributed by atoms with E-state index < -0.39 is 0 Å². The monoisotopic (exact) mass is 356 g/mol. The summed E-state index contributed by atoms with van der Waals surface area (Å²) in [5.74, 6) is 0.218. The highest BCUT2D eigenvalue weighted by atomic mass is 35.5. The van der Waals surface area contributed by atoms with E-state index in [0.29, 0.717) is 24.4 Å². The molecule has 0 saturated carbocycles. The molecule has 2 aromatic rings. The van der Waals surface area contributed by atoms with Crippen LogP contribution in [0, 0.1) is 0 Å². The van der Waals surface area contributed by atoms with Crippen LogP contribution >= 0.6 is 11.6 Å². The fourth-order valence-electron chi connectivity index (χ4n) is 3.02. The van der Waals surface area contributed by atoms with E-state index in [-0.39, 0.29) is 11.8 Å². The van der Waals surface area contributed by atoms with Crippen LogP contribution in [-0.4, -0.2) is 30.3 Å². The molecule has 5 heteroatoms. The van der Waals surface area contributed by atoms with Gasteiger partial charge >= 0.3 is 0 Å². The maximum Gasteiger partial charge on any atom is 0.227 e. The molecule has 0 atom stereocenters. The Kier molecular flexibility index (Phi) is 5.39. The number of hydrogen-bond acceptors (Lipinski definition) is 2. The normalized spacial score (nSPS) is 14.0. The van der Waals surface area contributed by atoms with Gasteiger partial charge in [0.25, 0.3) is 0 Å². The first-order chi connectivity index (χ1) is 12.0. The molecule has 130 valence electrons. The van der Waals surface area contributed by atoms with Crippen LogP contribution in [0.5, 0.6) is 0 Å². The van der Waals surface area contributed by atoms with Gasteiger partial charge in [-0.15, -0.1) is 0 Å². The van der Waals surface area contributed by atoms with Crippen LogP contribution in [-0.2, 0) is 22.6 Å². The fraction of sp³-hybridized carbons (Fsp3) is 0.300. The van der Waals surface area contributed by atoms with Crippen molar-refractivity contribution in [2.45, 2.75) is 25.8 Å². The van der Waals surface area contributed by atoms with Crippen molar-refractivity contribution in [3.63, 3.8) is 0 Å².